The summed E-state index contributed by atoms with van der Waals surface area (Å²) in [6, 6.07) is 6.26. The Morgan fingerprint density at radius 1 is 1.36 bits per heavy atom. The predicted octanol–water partition coefficient (Wildman–Crippen LogP) is 2.89. The topological polar surface area (TPSA) is 111 Å². The van der Waals surface area contributed by atoms with E-state index in [1.54, 1.807) is 25.1 Å². The fourth-order valence-electron chi connectivity index (χ4n) is 3.11. The van der Waals surface area contributed by atoms with Crippen molar-refractivity contribution in [3.63, 3.8) is 0 Å². The molecule has 130 valence electrons. The maximum atomic E-state index is 12.4. The molecule has 8 heteroatoms. The quantitative estimate of drug-likeness (QED) is 0.508. The van der Waals surface area contributed by atoms with E-state index in [9.17, 15) is 14.9 Å². The fraction of sp³-hybridized carbons (Fsp3) is 0.353. The van der Waals surface area contributed by atoms with Gasteiger partial charge >= 0.3 is 0 Å². The van der Waals surface area contributed by atoms with Crippen LogP contribution in [0.4, 0.5) is 5.69 Å². The average molecular weight is 342 g/mol. The lowest BCUT2D eigenvalue weighted by molar-refractivity contribution is -0.385. The Kier molecular flexibility index (Phi) is 4.60. The summed E-state index contributed by atoms with van der Waals surface area (Å²) >= 11 is 0. The Labute approximate surface area is 144 Å². The maximum Gasteiger partial charge on any atom is 0.276 e. The number of carbonyl (C=O) groups excluding carboxylic acids is 1. The number of hydrogen-bond acceptors (Lipinski definition) is 6. The number of aromatic nitrogens is 2. The van der Waals surface area contributed by atoms with Crippen LogP contribution >= 0.6 is 0 Å². The van der Waals surface area contributed by atoms with E-state index in [0.29, 0.717) is 17.3 Å². The van der Waals surface area contributed by atoms with Crippen LogP contribution in [0.5, 0.6) is 0 Å². The van der Waals surface area contributed by atoms with Gasteiger partial charge in [0, 0.05) is 19.1 Å². The van der Waals surface area contributed by atoms with Crippen molar-refractivity contribution in [2.75, 3.05) is 0 Å². The standard InChI is InChI=1S/C17H18N4O4/c1-12-18-16(20-25-12)17(10-4-5-11-17)19-15(22)9-8-13-6-2-3-7-14(13)21(23)24/h2-3,6-9H,4-5,10-11H2,1H3,(H,19,22)/b9-8+. The van der Waals surface area contributed by atoms with E-state index in [2.05, 4.69) is 15.5 Å². The maximum absolute atomic E-state index is 12.4. The smallest absolute Gasteiger partial charge is 0.276 e. The van der Waals surface area contributed by atoms with Gasteiger partial charge < -0.3 is 9.84 Å². The van der Waals surface area contributed by atoms with Crippen molar-refractivity contribution in [3.8, 4) is 0 Å². The van der Waals surface area contributed by atoms with Crippen LogP contribution in [-0.4, -0.2) is 21.0 Å². The van der Waals surface area contributed by atoms with Gasteiger partial charge in [0.1, 0.15) is 5.54 Å². The third kappa shape index (κ3) is 3.57. The molecule has 0 unspecified atom stereocenters. The number of para-hydroxylation sites is 1. The van der Waals surface area contributed by atoms with Gasteiger partial charge in [-0.2, -0.15) is 4.98 Å². The summed E-state index contributed by atoms with van der Waals surface area (Å²) in [6.45, 7) is 1.70. The lowest BCUT2D eigenvalue weighted by Gasteiger charge is -2.25. The SMILES string of the molecule is Cc1nc(C2(NC(=O)/C=C/c3ccccc3[N+](=O)[O-])CCCC2)no1. The van der Waals surface area contributed by atoms with Gasteiger partial charge in [0.2, 0.25) is 11.8 Å². The molecule has 0 spiro atoms. The number of carbonyl (C=O) groups is 1. The van der Waals surface area contributed by atoms with E-state index >= 15 is 0 Å². The van der Waals surface area contributed by atoms with Gasteiger partial charge in [0.15, 0.2) is 5.82 Å². The molecule has 0 radical (unpaired) electrons. The van der Waals surface area contributed by atoms with Crippen LogP contribution in [0.3, 0.4) is 0 Å². The van der Waals surface area contributed by atoms with Crippen molar-refractivity contribution in [2.24, 2.45) is 0 Å². The molecule has 1 aromatic carbocycles. The number of nitrogens with one attached hydrogen (secondary N) is 1. The number of amides is 1. The van der Waals surface area contributed by atoms with E-state index in [0.717, 1.165) is 25.7 Å². The Morgan fingerprint density at radius 3 is 2.72 bits per heavy atom. The molecule has 1 fully saturated rings. The van der Waals surface area contributed by atoms with Crippen molar-refractivity contribution in [3.05, 3.63) is 57.7 Å². The lowest BCUT2D eigenvalue weighted by Crippen LogP contribution is -2.44. The van der Waals surface area contributed by atoms with Crippen molar-refractivity contribution in [1.29, 1.82) is 0 Å². The first-order valence-corrected chi connectivity index (χ1v) is 8.05. The van der Waals surface area contributed by atoms with Crippen LogP contribution in [0, 0.1) is 17.0 Å². The zero-order valence-corrected chi connectivity index (χ0v) is 13.8. The molecule has 1 aliphatic rings. The first kappa shape index (κ1) is 16.8. The first-order valence-electron chi connectivity index (χ1n) is 8.05. The van der Waals surface area contributed by atoms with Crippen molar-refractivity contribution in [1.82, 2.24) is 15.5 Å². The molecule has 8 nitrogen and oxygen atoms in total. The van der Waals surface area contributed by atoms with E-state index < -0.39 is 10.5 Å². The molecule has 1 saturated carbocycles. The second kappa shape index (κ2) is 6.84. The zero-order valence-electron chi connectivity index (χ0n) is 13.8. The molecule has 25 heavy (non-hydrogen) atoms. The number of rotatable bonds is 5. The minimum atomic E-state index is -0.637. The molecular formula is C17H18N4O4. The zero-order chi connectivity index (χ0) is 17.9. The summed E-state index contributed by atoms with van der Waals surface area (Å²) in [5, 5.41) is 18.0. The van der Waals surface area contributed by atoms with Gasteiger partial charge in [-0.1, -0.05) is 30.1 Å². The average Bonchev–Trinajstić information content (AvgIpc) is 3.23. The van der Waals surface area contributed by atoms with E-state index in [1.165, 1.54) is 18.2 Å². The number of nitro groups is 1. The molecule has 2 aromatic rings. The third-order valence-corrected chi connectivity index (χ3v) is 4.32. The Hall–Kier alpha value is -3.03. The van der Waals surface area contributed by atoms with Crippen LogP contribution in [0.2, 0.25) is 0 Å². The van der Waals surface area contributed by atoms with E-state index in [4.69, 9.17) is 4.52 Å². The van der Waals surface area contributed by atoms with Crippen LogP contribution in [-0.2, 0) is 10.3 Å². The number of hydrogen-bond donors (Lipinski definition) is 1. The highest BCUT2D eigenvalue weighted by molar-refractivity contribution is 5.92. The molecule has 1 heterocycles. The molecule has 0 saturated heterocycles. The fourth-order valence-corrected chi connectivity index (χ4v) is 3.11. The predicted molar refractivity (Wildman–Crippen MR) is 89.5 cm³/mol. The van der Waals surface area contributed by atoms with Crippen molar-refractivity contribution < 1.29 is 14.2 Å². The molecule has 3 rings (SSSR count). The number of nitrogens with zero attached hydrogens (tertiary/aromatic N) is 3. The Balaban J connectivity index is 1.78. The summed E-state index contributed by atoms with van der Waals surface area (Å²) in [7, 11) is 0. The lowest BCUT2D eigenvalue weighted by atomic mass is 9.96. The molecule has 0 aliphatic heterocycles. The summed E-state index contributed by atoms with van der Waals surface area (Å²) < 4.78 is 5.05. The third-order valence-electron chi connectivity index (χ3n) is 4.32. The van der Waals surface area contributed by atoms with Gasteiger partial charge in [-0.25, -0.2) is 0 Å². The monoisotopic (exact) mass is 342 g/mol. The van der Waals surface area contributed by atoms with Gasteiger partial charge in [0.05, 0.1) is 10.5 Å². The van der Waals surface area contributed by atoms with E-state index in [-0.39, 0.29) is 11.6 Å². The highest BCUT2D eigenvalue weighted by atomic mass is 16.6. The second-order valence-electron chi connectivity index (χ2n) is 6.06. The number of benzene rings is 1. The molecule has 0 bridgehead atoms. The minimum Gasteiger partial charge on any atom is -0.340 e. The minimum absolute atomic E-state index is 0.0454. The summed E-state index contributed by atoms with van der Waals surface area (Å²) in [5.74, 6) is 0.587. The summed E-state index contributed by atoms with van der Waals surface area (Å²) in [6.07, 6.45) is 6.13. The largest absolute Gasteiger partial charge is 0.340 e. The molecule has 0 atom stereocenters. The molecule has 1 aromatic heterocycles. The molecule has 1 amide bonds. The summed E-state index contributed by atoms with van der Waals surface area (Å²) in [5.41, 5.74) is -0.309. The summed E-state index contributed by atoms with van der Waals surface area (Å²) in [4.78, 5) is 27.2. The second-order valence-corrected chi connectivity index (χ2v) is 6.06. The van der Waals surface area contributed by atoms with Crippen molar-refractivity contribution >= 4 is 17.7 Å². The van der Waals surface area contributed by atoms with Gasteiger partial charge in [0.25, 0.3) is 5.69 Å². The number of nitro benzene ring substituents is 1. The van der Waals surface area contributed by atoms with Crippen LogP contribution < -0.4 is 5.32 Å². The van der Waals surface area contributed by atoms with Gasteiger partial charge in [-0.05, 0) is 25.0 Å². The molecular weight excluding hydrogens is 324 g/mol. The van der Waals surface area contributed by atoms with Crippen LogP contribution in [0.1, 0.15) is 43.0 Å². The van der Waals surface area contributed by atoms with Crippen LogP contribution in [0.25, 0.3) is 6.08 Å². The highest BCUT2D eigenvalue weighted by Gasteiger charge is 2.40. The molecule has 1 N–H and O–H groups in total. The van der Waals surface area contributed by atoms with Crippen LogP contribution in [0.15, 0.2) is 34.9 Å². The van der Waals surface area contributed by atoms with Gasteiger partial charge in [-0.3, -0.25) is 14.9 Å². The highest BCUT2D eigenvalue weighted by Crippen LogP contribution is 2.37. The normalized spacial score (nSPS) is 16.2. The van der Waals surface area contributed by atoms with E-state index in [1.807, 2.05) is 0 Å². The molecule has 1 aliphatic carbocycles. The Morgan fingerprint density at radius 2 is 2.08 bits per heavy atom. The number of aryl methyl sites for hydroxylation is 1. The Bertz CT molecular complexity index is 822. The van der Waals surface area contributed by atoms with Crippen molar-refractivity contribution in [2.45, 2.75) is 38.1 Å². The first-order chi connectivity index (χ1) is 12.0. The van der Waals surface area contributed by atoms with Gasteiger partial charge in [-0.15, -0.1) is 0 Å².